The minimum absolute atomic E-state index is 0.0384. The molecule has 2 aromatic heterocycles. The Morgan fingerprint density at radius 3 is 2.23 bits per heavy atom. The average molecular weight is 614 g/mol. The third-order valence-electron chi connectivity index (χ3n) is 7.08. The van der Waals surface area contributed by atoms with Crippen LogP contribution in [0, 0.1) is 12.8 Å². The number of aryl methyl sites for hydroxylation is 1. The highest BCUT2D eigenvalue weighted by Crippen LogP contribution is 2.34. The molecule has 0 bridgehead atoms. The number of rotatable bonds is 11. The van der Waals surface area contributed by atoms with Crippen LogP contribution >= 0.6 is 0 Å². The Hall–Kier alpha value is -5.00. The van der Waals surface area contributed by atoms with E-state index in [1.807, 2.05) is 31.2 Å². The number of anilines is 1. The van der Waals surface area contributed by atoms with Gasteiger partial charge in [0, 0.05) is 17.4 Å². The minimum atomic E-state index is -4.03. The molecule has 11 heteroatoms. The van der Waals surface area contributed by atoms with Crippen molar-refractivity contribution in [3.05, 3.63) is 108 Å². The number of aliphatic carboxylic acids is 1. The molecule has 0 saturated carbocycles. The molecule has 44 heavy (non-hydrogen) atoms. The van der Waals surface area contributed by atoms with E-state index < -0.39 is 33.9 Å². The zero-order valence-electron chi connectivity index (χ0n) is 24.3. The molecule has 0 radical (unpaired) electrons. The smallest absolute Gasteiger partial charge is 0.322 e. The van der Waals surface area contributed by atoms with Gasteiger partial charge in [0.1, 0.15) is 24.0 Å². The fourth-order valence-electron chi connectivity index (χ4n) is 4.71. The van der Waals surface area contributed by atoms with E-state index in [-0.39, 0.29) is 17.3 Å². The van der Waals surface area contributed by atoms with E-state index in [2.05, 4.69) is 15.0 Å². The summed E-state index contributed by atoms with van der Waals surface area (Å²) in [5.41, 5.74) is 4.04. The van der Waals surface area contributed by atoms with Gasteiger partial charge in [0.25, 0.3) is 5.91 Å². The maximum absolute atomic E-state index is 13.2. The van der Waals surface area contributed by atoms with E-state index in [4.69, 9.17) is 9.15 Å². The second-order valence-electron chi connectivity index (χ2n) is 10.5. The predicted octanol–water partition coefficient (Wildman–Crippen LogP) is 6.02. The molecule has 10 nitrogen and oxygen atoms in total. The highest BCUT2D eigenvalue weighted by atomic mass is 32.2. The summed E-state index contributed by atoms with van der Waals surface area (Å²) in [6.07, 6.45) is 1.70. The normalized spacial score (nSPS) is 12.3. The molecule has 1 amide bonds. The van der Waals surface area contributed by atoms with Gasteiger partial charge < -0.3 is 19.6 Å². The lowest BCUT2D eigenvalue weighted by atomic mass is 10.1. The number of benzene rings is 3. The Bertz CT molecular complexity index is 1900. The van der Waals surface area contributed by atoms with Crippen LogP contribution in [0.1, 0.15) is 35.7 Å². The standard InChI is InChI=1S/C33H31N3O7S/c1-20(2)30(33(38)39)36-44(40,41)26-16-12-23(13-17-26)22-10-14-24(15-11-22)35-32(37)31-21(3)29-27(8-6-9-28(29)43-31)42-19-25-7-4-5-18-34-25/h4-18,20,30,36H,19H2,1-3H3,(H,35,37)(H,38,39). The molecular formula is C33H31N3O7S. The van der Waals surface area contributed by atoms with Gasteiger partial charge >= 0.3 is 5.97 Å². The number of amides is 1. The summed E-state index contributed by atoms with van der Waals surface area (Å²) < 4.78 is 39.6. The van der Waals surface area contributed by atoms with Crippen LogP contribution in [0.25, 0.3) is 22.1 Å². The molecule has 0 fully saturated rings. The highest BCUT2D eigenvalue weighted by molar-refractivity contribution is 7.89. The van der Waals surface area contributed by atoms with Gasteiger partial charge in [0.2, 0.25) is 10.0 Å². The first-order valence-corrected chi connectivity index (χ1v) is 15.3. The lowest BCUT2D eigenvalue weighted by molar-refractivity contribution is -0.140. The van der Waals surface area contributed by atoms with Crippen molar-refractivity contribution < 1.29 is 32.3 Å². The molecule has 3 aromatic carbocycles. The van der Waals surface area contributed by atoms with Crippen LogP contribution in [0.15, 0.2) is 100 Å². The monoisotopic (exact) mass is 613 g/mol. The lowest BCUT2D eigenvalue weighted by Crippen LogP contribution is -2.44. The fraction of sp³-hybridized carbons (Fsp3) is 0.182. The van der Waals surface area contributed by atoms with E-state index >= 15 is 0 Å². The van der Waals surface area contributed by atoms with Gasteiger partial charge in [-0.05, 0) is 72.5 Å². The van der Waals surface area contributed by atoms with Crippen molar-refractivity contribution in [3.8, 4) is 16.9 Å². The van der Waals surface area contributed by atoms with Gasteiger partial charge in [0.05, 0.1) is 16.0 Å². The maximum Gasteiger partial charge on any atom is 0.322 e. The van der Waals surface area contributed by atoms with E-state index in [0.717, 1.165) is 16.8 Å². The first kappa shape index (κ1) is 30.5. The molecular weight excluding hydrogens is 582 g/mol. The van der Waals surface area contributed by atoms with E-state index in [0.29, 0.717) is 28.0 Å². The highest BCUT2D eigenvalue weighted by Gasteiger charge is 2.28. The predicted molar refractivity (Wildman–Crippen MR) is 166 cm³/mol. The summed E-state index contributed by atoms with van der Waals surface area (Å²) >= 11 is 0. The van der Waals surface area contributed by atoms with Crippen LogP contribution < -0.4 is 14.8 Å². The lowest BCUT2D eigenvalue weighted by Gasteiger charge is -2.18. The van der Waals surface area contributed by atoms with Crippen molar-refractivity contribution in [2.24, 2.45) is 5.92 Å². The SMILES string of the molecule is Cc1c(C(=O)Nc2ccc(-c3ccc(S(=O)(=O)NC(C(=O)O)C(C)C)cc3)cc2)oc2cccc(OCc3ccccn3)c12. The molecule has 0 aliphatic rings. The molecule has 226 valence electrons. The number of nitrogens with zero attached hydrogens (tertiary/aromatic N) is 1. The molecule has 5 rings (SSSR count). The third-order valence-corrected chi connectivity index (χ3v) is 8.54. The Morgan fingerprint density at radius 2 is 1.61 bits per heavy atom. The zero-order valence-corrected chi connectivity index (χ0v) is 25.1. The number of furan rings is 1. The van der Waals surface area contributed by atoms with Crippen molar-refractivity contribution in [3.63, 3.8) is 0 Å². The first-order valence-electron chi connectivity index (χ1n) is 13.9. The zero-order chi connectivity index (χ0) is 31.4. The van der Waals surface area contributed by atoms with Gasteiger partial charge in [-0.15, -0.1) is 0 Å². The summed E-state index contributed by atoms with van der Waals surface area (Å²) in [6.45, 7) is 5.34. The number of carbonyl (C=O) groups is 2. The van der Waals surface area contributed by atoms with Crippen LogP contribution in [-0.2, 0) is 21.4 Å². The Morgan fingerprint density at radius 1 is 0.932 bits per heavy atom. The van der Waals surface area contributed by atoms with E-state index in [1.165, 1.54) is 12.1 Å². The van der Waals surface area contributed by atoms with E-state index in [9.17, 15) is 23.1 Å². The molecule has 0 spiro atoms. The number of hydrogen-bond donors (Lipinski definition) is 3. The molecule has 1 atom stereocenters. The van der Waals surface area contributed by atoms with Crippen molar-refractivity contribution in [2.75, 3.05) is 5.32 Å². The minimum Gasteiger partial charge on any atom is -0.487 e. The maximum atomic E-state index is 13.2. The molecule has 1 unspecified atom stereocenters. The quantitative estimate of drug-likeness (QED) is 0.164. The number of aromatic nitrogens is 1. The topological polar surface area (TPSA) is 148 Å². The molecule has 0 aliphatic heterocycles. The number of pyridine rings is 1. The largest absolute Gasteiger partial charge is 0.487 e. The van der Waals surface area contributed by atoms with Crippen molar-refractivity contribution in [1.82, 2.24) is 9.71 Å². The number of ether oxygens (including phenoxy) is 1. The van der Waals surface area contributed by atoms with Crippen molar-refractivity contribution in [1.29, 1.82) is 0 Å². The summed E-state index contributed by atoms with van der Waals surface area (Å²) in [5.74, 6) is -1.31. The van der Waals surface area contributed by atoms with Crippen LogP contribution in [0.3, 0.4) is 0 Å². The molecule has 2 heterocycles. The number of sulfonamides is 1. The summed E-state index contributed by atoms with van der Waals surface area (Å²) in [6, 6.07) is 22.9. The number of carbonyl (C=O) groups excluding carboxylic acids is 1. The number of fused-ring (bicyclic) bond motifs is 1. The number of carboxylic acids is 1. The van der Waals surface area contributed by atoms with Gasteiger partial charge in [-0.25, -0.2) is 8.42 Å². The van der Waals surface area contributed by atoms with Gasteiger partial charge in [-0.2, -0.15) is 4.72 Å². The number of carboxylic acid groups (broad SMARTS) is 1. The third kappa shape index (κ3) is 6.64. The van der Waals surface area contributed by atoms with Gasteiger partial charge in [0.15, 0.2) is 5.76 Å². The van der Waals surface area contributed by atoms with Crippen LogP contribution in [0.4, 0.5) is 5.69 Å². The first-order chi connectivity index (χ1) is 21.0. The Balaban J connectivity index is 1.28. The van der Waals surface area contributed by atoms with Crippen LogP contribution in [0.5, 0.6) is 5.75 Å². The van der Waals surface area contributed by atoms with Crippen molar-refractivity contribution in [2.45, 2.75) is 38.3 Å². The molecule has 0 saturated heterocycles. The summed E-state index contributed by atoms with van der Waals surface area (Å²) in [7, 11) is -4.03. The van der Waals surface area contributed by atoms with E-state index in [1.54, 1.807) is 68.6 Å². The number of nitrogens with one attached hydrogen (secondary N) is 2. The Kier molecular flexibility index (Phi) is 8.79. The summed E-state index contributed by atoms with van der Waals surface area (Å²) in [5, 5.41) is 12.9. The Labute approximate surface area is 254 Å². The van der Waals surface area contributed by atoms with Gasteiger partial charge in [-0.3, -0.25) is 14.6 Å². The van der Waals surface area contributed by atoms with Gasteiger partial charge in [-0.1, -0.05) is 50.2 Å². The van der Waals surface area contributed by atoms with Crippen LogP contribution in [0.2, 0.25) is 0 Å². The summed E-state index contributed by atoms with van der Waals surface area (Å²) in [4.78, 5) is 28.9. The average Bonchev–Trinajstić information content (AvgIpc) is 3.36. The second-order valence-corrected chi connectivity index (χ2v) is 12.2. The number of hydrogen-bond acceptors (Lipinski definition) is 7. The second kappa shape index (κ2) is 12.7. The molecule has 3 N–H and O–H groups in total. The molecule has 0 aliphatic carbocycles. The van der Waals surface area contributed by atoms with Crippen molar-refractivity contribution >= 4 is 38.6 Å². The van der Waals surface area contributed by atoms with Crippen LogP contribution in [-0.4, -0.2) is 36.4 Å². The molecule has 5 aromatic rings. The fourth-order valence-corrected chi connectivity index (χ4v) is 6.04.